The summed E-state index contributed by atoms with van der Waals surface area (Å²) in [6, 6.07) is 9.79. The van der Waals surface area contributed by atoms with Crippen molar-refractivity contribution in [2.24, 2.45) is 0 Å². The molecule has 104 valence electrons. The number of anilines is 1. The van der Waals surface area contributed by atoms with E-state index in [0.29, 0.717) is 5.92 Å². The molecule has 0 saturated heterocycles. The van der Waals surface area contributed by atoms with E-state index >= 15 is 0 Å². The van der Waals surface area contributed by atoms with E-state index in [9.17, 15) is 0 Å². The van der Waals surface area contributed by atoms with Crippen molar-refractivity contribution in [1.82, 2.24) is 9.97 Å². The lowest BCUT2D eigenvalue weighted by Crippen LogP contribution is -2.05. The van der Waals surface area contributed by atoms with Gasteiger partial charge in [-0.15, -0.1) is 0 Å². The lowest BCUT2D eigenvalue weighted by Gasteiger charge is -2.09. The first-order valence-corrected chi connectivity index (χ1v) is 7.53. The topological polar surface area (TPSA) is 37.8 Å². The first-order chi connectivity index (χ1) is 9.76. The molecule has 2 aromatic rings. The minimum atomic E-state index is 0.617. The van der Waals surface area contributed by atoms with Crippen LogP contribution in [0.15, 0.2) is 30.3 Å². The third kappa shape index (κ3) is 3.10. The molecule has 0 amide bonds. The summed E-state index contributed by atoms with van der Waals surface area (Å²) in [4.78, 5) is 9.32. The van der Waals surface area contributed by atoms with Crippen LogP contribution in [0.25, 0.3) is 11.4 Å². The zero-order valence-corrected chi connectivity index (χ0v) is 12.3. The Morgan fingerprint density at radius 3 is 2.60 bits per heavy atom. The van der Waals surface area contributed by atoms with Gasteiger partial charge in [-0.05, 0) is 43.5 Å². The largest absolute Gasteiger partial charge is 0.370 e. The van der Waals surface area contributed by atoms with Crippen molar-refractivity contribution in [3.8, 4) is 11.4 Å². The highest BCUT2D eigenvalue weighted by atomic mass is 35.5. The Hall–Kier alpha value is -1.61. The van der Waals surface area contributed by atoms with Gasteiger partial charge in [-0.1, -0.05) is 18.5 Å². The predicted molar refractivity (Wildman–Crippen MR) is 83.2 cm³/mol. The lowest BCUT2D eigenvalue weighted by molar-refractivity contribution is 0.948. The van der Waals surface area contributed by atoms with Crippen molar-refractivity contribution in [1.29, 1.82) is 0 Å². The van der Waals surface area contributed by atoms with Gasteiger partial charge < -0.3 is 5.32 Å². The van der Waals surface area contributed by atoms with Gasteiger partial charge in [0.1, 0.15) is 5.82 Å². The molecule has 0 aliphatic heterocycles. The maximum atomic E-state index is 5.94. The Balaban J connectivity index is 1.95. The van der Waals surface area contributed by atoms with E-state index in [4.69, 9.17) is 16.6 Å². The summed E-state index contributed by atoms with van der Waals surface area (Å²) in [5, 5.41) is 4.09. The van der Waals surface area contributed by atoms with Crippen LogP contribution in [0, 0.1) is 0 Å². The molecular weight excluding hydrogens is 270 g/mol. The van der Waals surface area contributed by atoms with Crippen LogP contribution < -0.4 is 5.32 Å². The molecule has 0 atom stereocenters. The van der Waals surface area contributed by atoms with Crippen molar-refractivity contribution in [3.05, 3.63) is 41.0 Å². The van der Waals surface area contributed by atoms with Gasteiger partial charge in [0.2, 0.25) is 0 Å². The molecular formula is C16H18ClN3. The van der Waals surface area contributed by atoms with Crippen LogP contribution in [0.2, 0.25) is 5.02 Å². The average molecular weight is 288 g/mol. The van der Waals surface area contributed by atoms with Gasteiger partial charge >= 0.3 is 0 Å². The van der Waals surface area contributed by atoms with E-state index in [2.05, 4.69) is 23.3 Å². The molecule has 1 aromatic carbocycles. The summed E-state index contributed by atoms with van der Waals surface area (Å²) in [5.41, 5.74) is 2.17. The number of nitrogens with one attached hydrogen (secondary N) is 1. The summed E-state index contributed by atoms with van der Waals surface area (Å²) in [6.45, 7) is 3.08. The highest BCUT2D eigenvalue weighted by molar-refractivity contribution is 6.30. The fourth-order valence-electron chi connectivity index (χ4n) is 2.13. The summed E-state index contributed by atoms with van der Waals surface area (Å²) < 4.78 is 0. The van der Waals surface area contributed by atoms with Crippen molar-refractivity contribution in [2.75, 3.05) is 11.9 Å². The average Bonchev–Trinajstić information content (AvgIpc) is 3.30. The van der Waals surface area contributed by atoms with Gasteiger partial charge in [-0.2, -0.15) is 0 Å². The molecule has 0 radical (unpaired) electrons. The molecule has 1 aromatic heterocycles. The maximum absolute atomic E-state index is 5.94. The Morgan fingerprint density at radius 1 is 1.20 bits per heavy atom. The lowest BCUT2D eigenvalue weighted by atomic mass is 10.2. The molecule has 0 spiro atoms. The number of aromatic nitrogens is 2. The number of nitrogens with zero attached hydrogens (tertiary/aromatic N) is 2. The molecule has 3 rings (SSSR count). The molecule has 1 N–H and O–H groups in total. The number of benzene rings is 1. The molecule has 20 heavy (non-hydrogen) atoms. The summed E-state index contributed by atoms with van der Waals surface area (Å²) >= 11 is 5.94. The highest BCUT2D eigenvalue weighted by Crippen LogP contribution is 2.40. The Kier molecular flexibility index (Phi) is 3.88. The van der Waals surface area contributed by atoms with Crippen molar-refractivity contribution in [2.45, 2.75) is 32.1 Å². The van der Waals surface area contributed by atoms with E-state index in [-0.39, 0.29) is 0 Å². The Morgan fingerprint density at radius 2 is 1.95 bits per heavy atom. The number of halogens is 1. The number of hydrogen-bond donors (Lipinski definition) is 1. The van der Waals surface area contributed by atoms with Crippen LogP contribution >= 0.6 is 11.6 Å². The molecule has 1 aliphatic rings. The van der Waals surface area contributed by atoms with Crippen LogP contribution in [-0.2, 0) is 0 Å². The van der Waals surface area contributed by atoms with Gasteiger partial charge in [0, 0.05) is 34.8 Å². The van der Waals surface area contributed by atoms with Gasteiger partial charge in [0.05, 0.1) is 0 Å². The van der Waals surface area contributed by atoms with Gasteiger partial charge in [0.15, 0.2) is 5.82 Å². The minimum absolute atomic E-state index is 0.617. The van der Waals surface area contributed by atoms with E-state index in [1.807, 2.05) is 24.3 Å². The fraction of sp³-hybridized carbons (Fsp3) is 0.375. The predicted octanol–water partition coefficient (Wildman–Crippen LogP) is 4.50. The molecule has 3 nitrogen and oxygen atoms in total. The van der Waals surface area contributed by atoms with Crippen molar-refractivity contribution < 1.29 is 0 Å². The molecule has 0 bridgehead atoms. The third-order valence-electron chi connectivity index (χ3n) is 3.40. The molecule has 0 unspecified atom stereocenters. The van der Waals surface area contributed by atoms with E-state index in [1.165, 1.54) is 12.8 Å². The van der Waals surface area contributed by atoms with Crippen molar-refractivity contribution >= 4 is 17.4 Å². The van der Waals surface area contributed by atoms with E-state index in [0.717, 1.165) is 40.9 Å². The third-order valence-corrected chi connectivity index (χ3v) is 3.65. The van der Waals surface area contributed by atoms with Crippen LogP contribution in [0.4, 0.5) is 5.82 Å². The number of rotatable bonds is 5. The molecule has 1 saturated carbocycles. The van der Waals surface area contributed by atoms with Crippen molar-refractivity contribution in [3.63, 3.8) is 0 Å². The quantitative estimate of drug-likeness (QED) is 0.880. The van der Waals surface area contributed by atoms with Crippen LogP contribution in [0.1, 0.15) is 37.8 Å². The normalized spacial score (nSPS) is 14.3. The Bertz CT molecular complexity index is 591. The first kappa shape index (κ1) is 13.4. The van der Waals surface area contributed by atoms with Gasteiger partial charge in [0.25, 0.3) is 0 Å². The molecule has 1 aliphatic carbocycles. The smallest absolute Gasteiger partial charge is 0.161 e. The van der Waals surface area contributed by atoms with Crippen LogP contribution in [0.3, 0.4) is 0 Å². The van der Waals surface area contributed by atoms with E-state index in [1.54, 1.807) is 0 Å². The second kappa shape index (κ2) is 5.80. The SMILES string of the molecule is CCCNc1cc(C2CC2)nc(-c2ccc(Cl)cc2)n1. The summed E-state index contributed by atoms with van der Waals surface area (Å²) in [7, 11) is 0. The molecule has 1 fully saturated rings. The molecule has 1 heterocycles. The monoisotopic (exact) mass is 287 g/mol. The zero-order chi connectivity index (χ0) is 13.9. The second-order valence-electron chi connectivity index (χ2n) is 5.21. The minimum Gasteiger partial charge on any atom is -0.370 e. The highest BCUT2D eigenvalue weighted by Gasteiger charge is 2.26. The zero-order valence-electron chi connectivity index (χ0n) is 11.6. The second-order valence-corrected chi connectivity index (χ2v) is 5.65. The van der Waals surface area contributed by atoms with Gasteiger partial charge in [-0.25, -0.2) is 9.97 Å². The fourth-order valence-corrected chi connectivity index (χ4v) is 2.25. The molecule has 4 heteroatoms. The van der Waals surface area contributed by atoms with Gasteiger partial charge in [-0.3, -0.25) is 0 Å². The Labute approximate surface area is 124 Å². The number of hydrogen-bond acceptors (Lipinski definition) is 3. The summed E-state index contributed by atoms with van der Waals surface area (Å²) in [6.07, 6.45) is 3.56. The van der Waals surface area contributed by atoms with Crippen LogP contribution in [-0.4, -0.2) is 16.5 Å². The first-order valence-electron chi connectivity index (χ1n) is 7.15. The van der Waals surface area contributed by atoms with E-state index < -0.39 is 0 Å². The van der Waals surface area contributed by atoms with Crippen LogP contribution in [0.5, 0.6) is 0 Å². The maximum Gasteiger partial charge on any atom is 0.161 e. The standard InChI is InChI=1S/C16H18ClN3/c1-2-9-18-15-10-14(11-3-4-11)19-16(20-15)12-5-7-13(17)8-6-12/h5-8,10-11H,2-4,9H2,1H3,(H,18,19,20). The summed E-state index contributed by atoms with van der Waals surface area (Å²) in [5.74, 6) is 2.32.